The van der Waals surface area contributed by atoms with Crippen LogP contribution < -0.4 is 0 Å². The molecule has 0 radical (unpaired) electrons. The molecule has 2 aromatic heterocycles. The lowest BCUT2D eigenvalue weighted by atomic mass is 9.99. The third kappa shape index (κ3) is 4.03. The van der Waals surface area contributed by atoms with Gasteiger partial charge in [0.2, 0.25) is 0 Å². The van der Waals surface area contributed by atoms with Crippen molar-refractivity contribution in [1.29, 1.82) is 0 Å². The van der Waals surface area contributed by atoms with Crippen LogP contribution in [0, 0.1) is 0 Å². The Morgan fingerprint density at radius 3 is 1.37 bits per heavy atom. The third-order valence-corrected chi connectivity index (χ3v) is 5.11. The van der Waals surface area contributed by atoms with Crippen LogP contribution in [0.15, 0.2) is 97.3 Å². The molecule has 0 aliphatic carbocycles. The van der Waals surface area contributed by atoms with Crippen molar-refractivity contribution in [3.63, 3.8) is 0 Å². The molecule has 5 aromatic rings. The van der Waals surface area contributed by atoms with E-state index in [1.165, 1.54) is 32.7 Å². The number of pyridine rings is 2. The van der Waals surface area contributed by atoms with Crippen LogP contribution in [0.25, 0.3) is 45.8 Å². The molecule has 0 unspecified atom stereocenters. The van der Waals surface area contributed by atoms with Gasteiger partial charge in [-0.15, -0.1) is 0 Å². The van der Waals surface area contributed by atoms with Crippen LogP contribution in [0.5, 0.6) is 0 Å². The van der Waals surface area contributed by atoms with E-state index in [4.69, 9.17) is 0 Å². The highest BCUT2D eigenvalue weighted by Gasteiger charge is 2.00. The van der Waals surface area contributed by atoms with Crippen LogP contribution in [0.2, 0.25) is 0 Å². The minimum atomic E-state index is 0.961. The van der Waals surface area contributed by atoms with Crippen molar-refractivity contribution in [3.8, 4) is 0 Å². The van der Waals surface area contributed by atoms with Gasteiger partial charge in [0.1, 0.15) is 0 Å². The van der Waals surface area contributed by atoms with Crippen molar-refractivity contribution >= 4 is 45.8 Å². The molecule has 0 amide bonds. The molecule has 3 aromatic carbocycles. The Morgan fingerprint density at radius 1 is 0.433 bits per heavy atom. The molecule has 0 bridgehead atoms. The second kappa shape index (κ2) is 8.14. The molecule has 2 heteroatoms. The molecule has 0 aliphatic rings. The van der Waals surface area contributed by atoms with Crippen LogP contribution in [0.1, 0.15) is 22.5 Å². The number of rotatable bonds is 4. The summed E-state index contributed by atoms with van der Waals surface area (Å²) in [6.45, 7) is 0. The first-order chi connectivity index (χ1) is 14.8. The summed E-state index contributed by atoms with van der Waals surface area (Å²) < 4.78 is 0. The summed E-state index contributed by atoms with van der Waals surface area (Å²) in [5.74, 6) is 0. The number of hydrogen-bond acceptors (Lipinski definition) is 2. The number of fused-ring (bicyclic) bond motifs is 2. The van der Waals surface area contributed by atoms with Crippen LogP contribution in [0.3, 0.4) is 0 Å². The topological polar surface area (TPSA) is 25.8 Å². The lowest BCUT2D eigenvalue weighted by Crippen LogP contribution is -1.81. The van der Waals surface area contributed by atoms with Gasteiger partial charge in [-0.05, 0) is 93.4 Å². The Hall–Kier alpha value is -4.04. The Labute approximate surface area is 175 Å². The molecule has 0 N–H and O–H groups in total. The predicted octanol–water partition coefficient (Wildman–Crippen LogP) is 7.12. The fourth-order valence-electron chi connectivity index (χ4n) is 3.55. The molecule has 0 atom stereocenters. The Balaban J connectivity index is 1.45. The number of nitrogens with zero attached hydrogens (tertiary/aromatic N) is 2. The second-order valence-electron chi connectivity index (χ2n) is 7.24. The smallest absolute Gasteiger partial charge is 0.0629 e. The summed E-state index contributed by atoms with van der Waals surface area (Å²) in [5.41, 5.74) is 4.26. The van der Waals surface area contributed by atoms with E-state index < -0.39 is 0 Å². The van der Waals surface area contributed by atoms with Gasteiger partial charge in [0.15, 0.2) is 0 Å². The number of aromatic nitrogens is 2. The molecule has 0 fully saturated rings. The van der Waals surface area contributed by atoms with E-state index in [0.29, 0.717) is 0 Å². The van der Waals surface area contributed by atoms with E-state index in [-0.39, 0.29) is 0 Å². The third-order valence-electron chi connectivity index (χ3n) is 5.11. The summed E-state index contributed by atoms with van der Waals surface area (Å²) in [7, 11) is 0. The average Bonchev–Trinajstić information content (AvgIpc) is 2.81. The number of hydrogen-bond donors (Lipinski definition) is 0. The zero-order valence-corrected chi connectivity index (χ0v) is 16.4. The van der Waals surface area contributed by atoms with Gasteiger partial charge in [0.25, 0.3) is 0 Å². The van der Waals surface area contributed by atoms with Crippen LogP contribution >= 0.6 is 0 Å². The largest absolute Gasteiger partial charge is 0.257 e. The SMILES string of the molecule is C(=Cc1ccccn1)c1ccc2cc3cc(C=Cc4ccccn4)ccc3cc2c1. The Bertz CT molecular complexity index is 1260. The van der Waals surface area contributed by atoms with E-state index in [2.05, 4.69) is 70.7 Å². The van der Waals surface area contributed by atoms with Gasteiger partial charge in [-0.3, -0.25) is 9.97 Å². The van der Waals surface area contributed by atoms with Gasteiger partial charge in [-0.2, -0.15) is 0 Å². The summed E-state index contributed by atoms with van der Waals surface area (Å²) in [6, 6.07) is 29.5. The van der Waals surface area contributed by atoms with E-state index >= 15 is 0 Å². The summed E-state index contributed by atoms with van der Waals surface area (Å²) in [6.07, 6.45) is 11.9. The van der Waals surface area contributed by atoms with Gasteiger partial charge < -0.3 is 0 Å². The average molecular weight is 384 g/mol. The first-order valence-electron chi connectivity index (χ1n) is 9.99. The van der Waals surface area contributed by atoms with Crippen molar-refractivity contribution < 1.29 is 0 Å². The Kier molecular flexibility index (Phi) is 4.89. The predicted molar refractivity (Wildman–Crippen MR) is 128 cm³/mol. The maximum atomic E-state index is 4.34. The van der Waals surface area contributed by atoms with Crippen molar-refractivity contribution in [1.82, 2.24) is 9.97 Å². The highest BCUT2D eigenvalue weighted by atomic mass is 14.7. The maximum absolute atomic E-state index is 4.34. The normalized spacial score (nSPS) is 11.7. The minimum absolute atomic E-state index is 0.961. The summed E-state index contributed by atoms with van der Waals surface area (Å²) >= 11 is 0. The summed E-state index contributed by atoms with van der Waals surface area (Å²) in [4.78, 5) is 8.69. The maximum Gasteiger partial charge on any atom is 0.0629 e. The van der Waals surface area contributed by atoms with Gasteiger partial charge in [-0.25, -0.2) is 0 Å². The van der Waals surface area contributed by atoms with Crippen LogP contribution in [0.4, 0.5) is 0 Å². The molecule has 5 rings (SSSR count). The molecule has 30 heavy (non-hydrogen) atoms. The van der Waals surface area contributed by atoms with Crippen molar-refractivity contribution in [2.45, 2.75) is 0 Å². The minimum Gasteiger partial charge on any atom is -0.257 e. The first-order valence-corrected chi connectivity index (χ1v) is 9.99. The van der Waals surface area contributed by atoms with Gasteiger partial charge in [-0.1, -0.05) is 48.6 Å². The van der Waals surface area contributed by atoms with Crippen molar-refractivity contribution in [2.24, 2.45) is 0 Å². The zero-order valence-electron chi connectivity index (χ0n) is 16.4. The molecule has 2 nitrogen and oxygen atoms in total. The van der Waals surface area contributed by atoms with Gasteiger partial charge >= 0.3 is 0 Å². The fraction of sp³-hybridized carbons (Fsp3) is 0. The van der Waals surface area contributed by atoms with E-state index in [1.807, 2.05) is 60.9 Å². The first kappa shape index (κ1) is 18.0. The molecule has 2 heterocycles. The lowest BCUT2D eigenvalue weighted by Gasteiger charge is -2.05. The fourth-order valence-corrected chi connectivity index (χ4v) is 3.55. The molecular weight excluding hydrogens is 364 g/mol. The molecule has 0 aliphatic heterocycles. The van der Waals surface area contributed by atoms with Gasteiger partial charge in [0, 0.05) is 12.4 Å². The lowest BCUT2D eigenvalue weighted by molar-refractivity contribution is 1.30. The monoisotopic (exact) mass is 384 g/mol. The highest BCUT2D eigenvalue weighted by molar-refractivity contribution is 6.00. The van der Waals surface area contributed by atoms with Crippen LogP contribution in [-0.4, -0.2) is 9.97 Å². The molecule has 0 saturated carbocycles. The van der Waals surface area contributed by atoms with Gasteiger partial charge in [0.05, 0.1) is 11.4 Å². The quantitative estimate of drug-likeness (QED) is 0.308. The number of benzene rings is 3. The zero-order chi connectivity index (χ0) is 20.2. The molecule has 0 saturated heterocycles. The van der Waals surface area contributed by atoms with Crippen molar-refractivity contribution in [3.05, 3.63) is 120 Å². The Morgan fingerprint density at radius 2 is 0.933 bits per heavy atom. The van der Waals surface area contributed by atoms with Crippen LogP contribution in [-0.2, 0) is 0 Å². The molecule has 0 spiro atoms. The van der Waals surface area contributed by atoms with E-state index in [1.54, 1.807) is 0 Å². The highest BCUT2D eigenvalue weighted by Crippen LogP contribution is 2.26. The standard InChI is InChI=1S/C28H20N2/c1-3-15-29-27(5-1)13-9-21-7-11-23-20-26-18-22(8-12-24(26)19-25(23)17-21)10-14-28-6-2-4-16-30-28/h1-20H. The molecule has 142 valence electrons. The summed E-state index contributed by atoms with van der Waals surface area (Å²) in [5, 5.41) is 4.96. The van der Waals surface area contributed by atoms with Crippen molar-refractivity contribution in [2.75, 3.05) is 0 Å². The van der Waals surface area contributed by atoms with E-state index in [0.717, 1.165) is 11.4 Å². The second-order valence-corrected chi connectivity index (χ2v) is 7.24. The molecular formula is C28H20N2. The van der Waals surface area contributed by atoms with E-state index in [9.17, 15) is 0 Å².